The summed E-state index contributed by atoms with van der Waals surface area (Å²) in [5, 5.41) is 0. The van der Waals surface area contributed by atoms with Crippen molar-refractivity contribution in [3.05, 3.63) is 52.7 Å². The van der Waals surface area contributed by atoms with Gasteiger partial charge < -0.3 is 4.74 Å². The van der Waals surface area contributed by atoms with Crippen molar-refractivity contribution >= 4 is 15.9 Å². The van der Waals surface area contributed by atoms with Crippen molar-refractivity contribution in [2.75, 3.05) is 6.61 Å². The van der Waals surface area contributed by atoms with E-state index in [2.05, 4.69) is 28.2 Å². The first-order valence-corrected chi connectivity index (χ1v) is 4.78. The van der Waals surface area contributed by atoms with Crippen LogP contribution in [0.15, 0.2) is 47.1 Å². The van der Waals surface area contributed by atoms with Gasteiger partial charge in [0.1, 0.15) is 0 Å². The summed E-state index contributed by atoms with van der Waals surface area (Å²) < 4.78 is 6.41. The summed E-state index contributed by atoms with van der Waals surface area (Å²) in [6, 6.07) is 8.06. The van der Waals surface area contributed by atoms with E-state index in [0.29, 0.717) is 13.2 Å². The van der Waals surface area contributed by atoms with Crippen molar-refractivity contribution in [1.82, 2.24) is 0 Å². The zero-order chi connectivity index (χ0) is 9.52. The van der Waals surface area contributed by atoms with Crippen LogP contribution in [0.4, 0.5) is 0 Å². The van der Waals surface area contributed by atoms with Gasteiger partial charge in [0.2, 0.25) is 0 Å². The number of hydrogen-bond acceptors (Lipinski definition) is 1. The highest BCUT2D eigenvalue weighted by Crippen LogP contribution is 2.10. The molecule has 2 heteroatoms. The third-order valence-electron chi connectivity index (χ3n) is 1.53. The average molecular weight is 239 g/mol. The summed E-state index contributed by atoms with van der Waals surface area (Å²) in [4.78, 5) is 0. The molecule has 0 bridgehead atoms. The minimum absolute atomic E-state index is 0.569. The zero-order valence-corrected chi connectivity index (χ0v) is 8.88. The summed E-state index contributed by atoms with van der Waals surface area (Å²) in [6.07, 6.45) is 1.76. The molecule has 0 aliphatic heterocycles. The molecule has 13 heavy (non-hydrogen) atoms. The molecule has 0 saturated heterocycles. The highest BCUT2D eigenvalue weighted by atomic mass is 79.9. The molecule has 0 saturated carbocycles. The maximum Gasteiger partial charge on any atom is 0.0725 e. The van der Waals surface area contributed by atoms with Gasteiger partial charge in [0, 0.05) is 4.47 Å². The van der Waals surface area contributed by atoms with Crippen LogP contribution >= 0.6 is 15.9 Å². The number of rotatable bonds is 4. The zero-order valence-electron chi connectivity index (χ0n) is 7.29. The van der Waals surface area contributed by atoms with Crippen LogP contribution in [0.25, 0.3) is 0 Å². The molecule has 0 radical (unpaired) electrons. The number of halogens is 1. The molecule has 0 unspecified atom stereocenters. The summed E-state index contributed by atoms with van der Waals surface area (Å²) in [5.74, 6) is 0. The molecule has 1 rings (SSSR count). The largest absolute Gasteiger partial charge is 0.372 e. The molecule has 68 valence electrons. The van der Waals surface area contributed by atoms with Crippen molar-refractivity contribution in [2.24, 2.45) is 0 Å². The summed E-state index contributed by atoms with van der Waals surface area (Å²) in [7, 11) is 0. The SMILES string of the molecule is C=C=CCOCc1ccc(Br)cc1. The lowest BCUT2D eigenvalue weighted by atomic mass is 10.2. The van der Waals surface area contributed by atoms with E-state index in [9.17, 15) is 0 Å². The van der Waals surface area contributed by atoms with E-state index in [1.165, 1.54) is 5.56 Å². The van der Waals surface area contributed by atoms with Gasteiger partial charge in [-0.3, -0.25) is 0 Å². The fourth-order valence-electron chi connectivity index (χ4n) is 0.875. The molecule has 0 aromatic heterocycles. The highest BCUT2D eigenvalue weighted by Gasteiger charge is 1.91. The minimum atomic E-state index is 0.569. The summed E-state index contributed by atoms with van der Waals surface area (Å²) in [5.41, 5.74) is 3.82. The van der Waals surface area contributed by atoms with E-state index in [4.69, 9.17) is 4.74 Å². The Balaban J connectivity index is 2.37. The van der Waals surface area contributed by atoms with Gasteiger partial charge in [-0.25, -0.2) is 0 Å². The molecule has 0 heterocycles. The standard InChI is InChI=1S/C11H11BrO/c1-2-3-8-13-9-10-4-6-11(12)7-5-10/h3-7H,1,8-9H2. The van der Waals surface area contributed by atoms with Crippen molar-refractivity contribution in [3.63, 3.8) is 0 Å². The topological polar surface area (TPSA) is 9.23 Å². The normalized spacial score (nSPS) is 9.31. The Kier molecular flexibility index (Phi) is 4.55. The second-order valence-corrected chi connectivity index (χ2v) is 3.47. The lowest BCUT2D eigenvalue weighted by Gasteiger charge is -2.00. The second kappa shape index (κ2) is 5.76. The van der Waals surface area contributed by atoms with Gasteiger partial charge in [-0.15, -0.1) is 5.73 Å². The van der Waals surface area contributed by atoms with Crippen molar-refractivity contribution in [1.29, 1.82) is 0 Å². The van der Waals surface area contributed by atoms with Gasteiger partial charge in [-0.05, 0) is 23.8 Å². The predicted molar refractivity (Wildman–Crippen MR) is 57.5 cm³/mol. The predicted octanol–water partition coefficient (Wildman–Crippen LogP) is 3.31. The maximum absolute atomic E-state index is 5.33. The first kappa shape index (κ1) is 10.3. The van der Waals surface area contributed by atoms with Crippen molar-refractivity contribution in [3.8, 4) is 0 Å². The molecule has 0 aliphatic rings. The number of ether oxygens (including phenoxy) is 1. The van der Waals surface area contributed by atoms with Crippen LogP contribution < -0.4 is 0 Å². The maximum atomic E-state index is 5.33. The third-order valence-corrected chi connectivity index (χ3v) is 2.06. The van der Waals surface area contributed by atoms with E-state index in [1.54, 1.807) is 6.08 Å². The van der Waals surface area contributed by atoms with Gasteiger partial charge >= 0.3 is 0 Å². The lowest BCUT2D eigenvalue weighted by molar-refractivity contribution is 0.149. The van der Waals surface area contributed by atoms with E-state index in [1.807, 2.05) is 24.3 Å². The van der Waals surface area contributed by atoms with Crippen LogP contribution in [0.5, 0.6) is 0 Å². The molecule has 1 nitrogen and oxygen atoms in total. The van der Waals surface area contributed by atoms with Crippen LogP contribution in [0.3, 0.4) is 0 Å². The van der Waals surface area contributed by atoms with Crippen LogP contribution in [-0.2, 0) is 11.3 Å². The van der Waals surface area contributed by atoms with Gasteiger partial charge in [0.25, 0.3) is 0 Å². The minimum Gasteiger partial charge on any atom is -0.372 e. The Morgan fingerprint density at radius 3 is 2.69 bits per heavy atom. The molecular formula is C11H11BrO. The van der Waals surface area contributed by atoms with Crippen molar-refractivity contribution < 1.29 is 4.74 Å². The van der Waals surface area contributed by atoms with Gasteiger partial charge in [0.05, 0.1) is 13.2 Å². The fourth-order valence-corrected chi connectivity index (χ4v) is 1.14. The quantitative estimate of drug-likeness (QED) is 0.578. The van der Waals surface area contributed by atoms with Crippen LogP contribution in [0.1, 0.15) is 5.56 Å². The smallest absolute Gasteiger partial charge is 0.0725 e. The van der Waals surface area contributed by atoms with E-state index in [0.717, 1.165) is 4.47 Å². The van der Waals surface area contributed by atoms with Crippen LogP contribution in [-0.4, -0.2) is 6.61 Å². The molecule has 0 spiro atoms. The Labute approximate surface area is 86.9 Å². The number of hydrogen-bond donors (Lipinski definition) is 0. The third kappa shape index (κ3) is 4.09. The molecule has 0 amide bonds. The molecule has 0 N–H and O–H groups in total. The monoisotopic (exact) mass is 238 g/mol. The summed E-state index contributed by atoms with van der Waals surface area (Å²) in [6.45, 7) is 4.65. The highest BCUT2D eigenvalue weighted by molar-refractivity contribution is 9.10. The van der Waals surface area contributed by atoms with E-state index < -0.39 is 0 Å². The van der Waals surface area contributed by atoms with Crippen LogP contribution in [0.2, 0.25) is 0 Å². The molecular weight excluding hydrogens is 228 g/mol. The first-order valence-electron chi connectivity index (χ1n) is 3.99. The van der Waals surface area contributed by atoms with Crippen molar-refractivity contribution in [2.45, 2.75) is 6.61 Å². The van der Waals surface area contributed by atoms with Gasteiger partial charge in [0.15, 0.2) is 0 Å². The Morgan fingerprint density at radius 2 is 2.08 bits per heavy atom. The number of benzene rings is 1. The average Bonchev–Trinajstić information content (AvgIpc) is 2.15. The molecule has 0 fully saturated rings. The first-order chi connectivity index (χ1) is 6.33. The Bertz CT molecular complexity index is 296. The summed E-state index contributed by atoms with van der Waals surface area (Å²) >= 11 is 3.37. The van der Waals surface area contributed by atoms with Crippen LogP contribution in [0, 0.1) is 0 Å². The van der Waals surface area contributed by atoms with Gasteiger partial charge in [-0.2, -0.15) is 0 Å². The molecule has 1 aromatic rings. The van der Waals surface area contributed by atoms with E-state index in [-0.39, 0.29) is 0 Å². The van der Waals surface area contributed by atoms with E-state index >= 15 is 0 Å². The lowest BCUT2D eigenvalue weighted by Crippen LogP contribution is -1.91. The molecule has 0 atom stereocenters. The van der Waals surface area contributed by atoms with Gasteiger partial charge in [-0.1, -0.05) is 34.6 Å². The Morgan fingerprint density at radius 1 is 1.38 bits per heavy atom. The molecule has 0 aliphatic carbocycles. The Hall–Kier alpha value is -0.820. The molecule has 1 aromatic carbocycles. The fraction of sp³-hybridized carbons (Fsp3) is 0.182. The second-order valence-electron chi connectivity index (χ2n) is 2.55.